The summed E-state index contributed by atoms with van der Waals surface area (Å²) < 4.78 is 41.9. The molecule has 1 atom stereocenters. The lowest BCUT2D eigenvalue weighted by Gasteiger charge is -2.21. The lowest BCUT2D eigenvalue weighted by atomic mass is 10.2. The second-order valence-electron chi connectivity index (χ2n) is 5.72. The number of thioether (sulfide) groups is 1. The largest absolute Gasteiger partial charge is 0.484 e. The molecule has 2 heterocycles. The molecule has 1 aromatic carbocycles. The summed E-state index contributed by atoms with van der Waals surface area (Å²) in [4.78, 5) is 6.41. The lowest BCUT2D eigenvalue weighted by Crippen LogP contribution is -2.29. The van der Waals surface area contributed by atoms with Crippen LogP contribution in [0.5, 0.6) is 5.75 Å². The van der Waals surface area contributed by atoms with E-state index in [2.05, 4.69) is 15.2 Å². The quantitative estimate of drug-likeness (QED) is 0.845. The zero-order chi connectivity index (χ0) is 18.0. The van der Waals surface area contributed by atoms with Gasteiger partial charge in [-0.2, -0.15) is 13.2 Å². The summed E-state index contributed by atoms with van der Waals surface area (Å²) in [5.41, 5.74) is 3.58. The number of ether oxygens (including phenoxy) is 1. The number of aromatic nitrogens is 1. The van der Waals surface area contributed by atoms with Gasteiger partial charge >= 0.3 is 6.18 Å². The van der Waals surface area contributed by atoms with Crippen molar-refractivity contribution in [2.75, 3.05) is 23.9 Å². The van der Waals surface area contributed by atoms with Gasteiger partial charge in [-0.3, -0.25) is 4.98 Å². The molecule has 1 N–H and O–H groups in total. The summed E-state index contributed by atoms with van der Waals surface area (Å²) in [6.45, 7) is 0.432. The van der Waals surface area contributed by atoms with Crippen LogP contribution < -0.4 is 15.0 Å². The molecule has 0 fully saturated rings. The van der Waals surface area contributed by atoms with Crippen LogP contribution in [0.15, 0.2) is 36.5 Å². The van der Waals surface area contributed by atoms with Gasteiger partial charge in [-0.15, -0.1) is 11.8 Å². The van der Waals surface area contributed by atoms with Gasteiger partial charge in [0.25, 0.3) is 0 Å². The van der Waals surface area contributed by atoms with E-state index in [1.54, 1.807) is 18.7 Å². The van der Waals surface area contributed by atoms with Crippen molar-refractivity contribution in [1.82, 2.24) is 4.98 Å². The van der Waals surface area contributed by atoms with Crippen molar-refractivity contribution in [1.29, 1.82) is 0 Å². The Bertz CT molecular complexity index is 754. The molecule has 134 valence electrons. The number of hydrogen-bond acceptors (Lipinski definition) is 5. The normalized spacial score (nSPS) is 16.5. The van der Waals surface area contributed by atoms with Gasteiger partial charge in [0.05, 0.1) is 17.1 Å². The summed E-state index contributed by atoms with van der Waals surface area (Å²) >= 11 is 1.62. The average Bonchev–Trinajstić information content (AvgIpc) is 2.89. The van der Waals surface area contributed by atoms with Gasteiger partial charge < -0.3 is 15.0 Å². The molecule has 0 saturated carbocycles. The standard InChI is InChI=1S/C17H18F3N3OS/c1-11-13(21-8-7-15(11)24-10-17(18,19)20)9-25-16-22-12-5-3-4-6-14(12)23(16)2/h3-8,16,22H,9-10H2,1-2H3. The zero-order valence-electron chi connectivity index (χ0n) is 13.8. The van der Waals surface area contributed by atoms with Crippen molar-refractivity contribution in [3.63, 3.8) is 0 Å². The first-order valence-corrected chi connectivity index (χ1v) is 8.74. The van der Waals surface area contributed by atoms with Crippen LogP contribution in [0.25, 0.3) is 0 Å². The number of pyridine rings is 1. The number of alkyl halides is 3. The molecule has 0 spiro atoms. The first-order valence-electron chi connectivity index (χ1n) is 7.69. The summed E-state index contributed by atoms with van der Waals surface area (Å²) in [5.74, 6) is 0.782. The maximum atomic E-state index is 12.3. The smallest absolute Gasteiger partial charge is 0.422 e. The summed E-state index contributed by atoms with van der Waals surface area (Å²) in [6.07, 6.45) is -2.87. The van der Waals surface area contributed by atoms with Crippen LogP contribution in [-0.4, -0.2) is 30.3 Å². The molecule has 2 aromatic rings. The first kappa shape index (κ1) is 17.7. The van der Waals surface area contributed by atoms with E-state index in [4.69, 9.17) is 4.74 Å². The fourth-order valence-corrected chi connectivity index (χ4v) is 3.75. The minimum Gasteiger partial charge on any atom is -0.484 e. The molecule has 0 aliphatic carbocycles. The monoisotopic (exact) mass is 369 g/mol. The molecule has 3 rings (SSSR count). The lowest BCUT2D eigenvalue weighted by molar-refractivity contribution is -0.153. The minimum absolute atomic E-state index is 0.0401. The van der Waals surface area contributed by atoms with Gasteiger partial charge in [-0.1, -0.05) is 12.1 Å². The van der Waals surface area contributed by atoms with E-state index in [0.717, 1.165) is 17.1 Å². The number of benzene rings is 1. The molecule has 0 radical (unpaired) electrons. The number of rotatable bonds is 5. The highest BCUT2D eigenvalue weighted by atomic mass is 32.2. The Hall–Kier alpha value is -2.09. The van der Waals surface area contributed by atoms with E-state index < -0.39 is 12.8 Å². The van der Waals surface area contributed by atoms with Crippen molar-refractivity contribution < 1.29 is 17.9 Å². The second kappa shape index (κ2) is 7.03. The molecule has 1 aromatic heterocycles. The molecule has 8 heteroatoms. The molecule has 0 bridgehead atoms. The predicted octanol–water partition coefficient (Wildman–Crippen LogP) is 4.41. The first-order chi connectivity index (χ1) is 11.8. The van der Waals surface area contributed by atoms with Crippen molar-refractivity contribution in [3.8, 4) is 5.75 Å². The van der Waals surface area contributed by atoms with Crippen LogP contribution in [0.4, 0.5) is 24.5 Å². The van der Waals surface area contributed by atoms with Crippen LogP contribution >= 0.6 is 11.8 Å². The van der Waals surface area contributed by atoms with Crippen molar-refractivity contribution in [2.45, 2.75) is 24.4 Å². The Morgan fingerprint density at radius 3 is 2.76 bits per heavy atom. The molecule has 1 unspecified atom stereocenters. The van der Waals surface area contributed by atoms with Crippen LogP contribution in [0.1, 0.15) is 11.3 Å². The molecular weight excluding hydrogens is 351 g/mol. The summed E-state index contributed by atoms with van der Waals surface area (Å²) in [6, 6.07) is 9.47. The van der Waals surface area contributed by atoms with Gasteiger partial charge in [0.15, 0.2) is 6.61 Å². The molecule has 1 aliphatic heterocycles. The Balaban J connectivity index is 1.64. The maximum Gasteiger partial charge on any atom is 0.422 e. The predicted molar refractivity (Wildman–Crippen MR) is 94.1 cm³/mol. The van der Waals surface area contributed by atoms with Gasteiger partial charge in [0.2, 0.25) is 0 Å². The fourth-order valence-electron chi connectivity index (χ4n) is 2.59. The molecule has 25 heavy (non-hydrogen) atoms. The Kier molecular flexibility index (Phi) is 4.99. The van der Waals surface area contributed by atoms with Crippen LogP contribution in [0, 0.1) is 6.92 Å². The molecule has 1 aliphatic rings. The minimum atomic E-state index is -4.35. The van der Waals surface area contributed by atoms with E-state index in [-0.39, 0.29) is 11.2 Å². The van der Waals surface area contributed by atoms with Crippen LogP contribution in [0.3, 0.4) is 0 Å². The number of nitrogens with one attached hydrogen (secondary N) is 1. The van der Waals surface area contributed by atoms with Crippen molar-refractivity contribution in [2.24, 2.45) is 0 Å². The Morgan fingerprint density at radius 2 is 2.04 bits per heavy atom. The molecule has 4 nitrogen and oxygen atoms in total. The third-order valence-electron chi connectivity index (χ3n) is 3.94. The summed E-state index contributed by atoms with van der Waals surface area (Å²) in [5, 5.41) is 3.41. The maximum absolute atomic E-state index is 12.3. The van der Waals surface area contributed by atoms with Gasteiger partial charge in [0, 0.05) is 24.6 Å². The highest BCUT2D eigenvalue weighted by Crippen LogP contribution is 2.38. The number of hydrogen-bond donors (Lipinski definition) is 1. The van der Waals surface area contributed by atoms with E-state index in [1.807, 2.05) is 31.3 Å². The molecule has 0 saturated heterocycles. The SMILES string of the molecule is Cc1c(OCC(F)(F)F)ccnc1CSC1Nc2ccccc2N1C. The highest BCUT2D eigenvalue weighted by Gasteiger charge is 2.29. The van der Waals surface area contributed by atoms with Gasteiger partial charge in [0.1, 0.15) is 11.2 Å². The third-order valence-corrected chi connectivity index (χ3v) is 5.13. The number of anilines is 2. The zero-order valence-corrected chi connectivity index (χ0v) is 14.6. The number of nitrogens with zero attached hydrogens (tertiary/aromatic N) is 2. The fraction of sp³-hybridized carbons (Fsp3) is 0.353. The van der Waals surface area contributed by atoms with E-state index in [0.29, 0.717) is 11.3 Å². The Labute approximate surface area is 148 Å². The topological polar surface area (TPSA) is 37.4 Å². The highest BCUT2D eigenvalue weighted by molar-refractivity contribution is 7.99. The van der Waals surface area contributed by atoms with E-state index in [9.17, 15) is 13.2 Å². The van der Waals surface area contributed by atoms with Crippen LogP contribution in [0.2, 0.25) is 0 Å². The van der Waals surface area contributed by atoms with Crippen molar-refractivity contribution >= 4 is 23.1 Å². The molecule has 0 amide bonds. The third kappa shape index (κ3) is 4.12. The van der Waals surface area contributed by atoms with Gasteiger partial charge in [-0.25, -0.2) is 0 Å². The number of fused-ring (bicyclic) bond motifs is 1. The van der Waals surface area contributed by atoms with E-state index >= 15 is 0 Å². The number of halogens is 3. The number of para-hydroxylation sites is 2. The molecular formula is C17H18F3N3OS. The van der Waals surface area contributed by atoms with Crippen molar-refractivity contribution in [3.05, 3.63) is 47.8 Å². The summed E-state index contributed by atoms with van der Waals surface area (Å²) in [7, 11) is 2.00. The average molecular weight is 369 g/mol. The van der Waals surface area contributed by atoms with Crippen LogP contribution in [-0.2, 0) is 5.75 Å². The second-order valence-corrected chi connectivity index (χ2v) is 6.79. The van der Waals surface area contributed by atoms with Gasteiger partial charge in [-0.05, 0) is 25.1 Å². The Morgan fingerprint density at radius 1 is 1.28 bits per heavy atom. The van der Waals surface area contributed by atoms with E-state index in [1.165, 1.54) is 12.3 Å².